The summed E-state index contributed by atoms with van der Waals surface area (Å²) in [6.45, 7) is 4.64. The third-order valence-electron chi connectivity index (χ3n) is 7.51. The summed E-state index contributed by atoms with van der Waals surface area (Å²) in [6, 6.07) is 18.1. The second-order valence-electron chi connectivity index (χ2n) is 9.99. The van der Waals surface area contributed by atoms with E-state index in [1.165, 1.54) is 5.56 Å². The van der Waals surface area contributed by atoms with E-state index in [0.717, 1.165) is 59.6 Å². The molecular weight excluding hydrogens is 462 g/mol. The summed E-state index contributed by atoms with van der Waals surface area (Å²) >= 11 is 0. The number of hydrogen-bond donors (Lipinski definition) is 2. The van der Waals surface area contributed by atoms with Crippen molar-refractivity contribution < 1.29 is 5.11 Å². The number of pyridine rings is 3. The largest absolute Gasteiger partial charge is 0.396 e. The minimum Gasteiger partial charge on any atom is -0.396 e. The number of anilines is 1. The van der Waals surface area contributed by atoms with E-state index in [2.05, 4.69) is 43.0 Å². The fourth-order valence-corrected chi connectivity index (χ4v) is 5.54. The van der Waals surface area contributed by atoms with Crippen molar-refractivity contribution in [2.24, 2.45) is 13.0 Å². The van der Waals surface area contributed by atoms with Gasteiger partial charge < -0.3 is 19.9 Å². The molecule has 7 heteroatoms. The maximum absolute atomic E-state index is 12.8. The zero-order chi connectivity index (χ0) is 25.8. The molecule has 4 heterocycles. The van der Waals surface area contributed by atoms with Crippen LogP contribution in [-0.2, 0) is 20.0 Å². The number of aliphatic hydroxyl groups is 1. The number of nitrogens with zero attached hydrogens (tertiary/aromatic N) is 4. The van der Waals surface area contributed by atoms with Crippen LogP contribution in [0, 0.1) is 12.8 Å². The minimum atomic E-state index is 0.0581. The molecule has 2 atom stereocenters. The van der Waals surface area contributed by atoms with Gasteiger partial charge in [0, 0.05) is 80.5 Å². The Hall–Kier alpha value is -3.55. The van der Waals surface area contributed by atoms with Crippen molar-refractivity contribution in [2.45, 2.75) is 38.8 Å². The van der Waals surface area contributed by atoms with Gasteiger partial charge in [-0.25, -0.2) is 0 Å². The van der Waals surface area contributed by atoms with E-state index >= 15 is 0 Å². The van der Waals surface area contributed by atoms with E-state index in [0.29, 0.717) is 18.9 Å². The summed E-state index contributed by atoms with van der Waals surface area (Å²) in [6.07, 6.45) is 6.60. The quantitative estimate of drug-likeness (QED) is 0.384. The second-order valence-corrected chi connectivity index (χ2v) is 9.99. The maximum Gasteiger partial charge on any atom is 0.189 e. The standard InChI is InChI=1S/C30H35N5O2/c1-21-16-22(11-13-31-21)30(33-19-26-17-29(37)27-7-3-4-8-28(27)34(26)2)23-6-5-14-35(20-23)25-10-9-24(12-15-36)32-18-25/h3-4,7-11,13,16-18,23,30,33,36H,5-6,12,14-15,19-20H2,1-2H3/t23-,30?/m0/s1. The van der Waals surface area contributed by atoms with E-state index < -0.39 is 0 Å². The maximum atomic E-state index is 12.8. The first kappa shape index (κ1) is 25.1. The van der Waals surface area contributed by atoms with E-state index in [1.807, 2.05) is 56.7 Å². The van der Waals surface area contributed by atoms with Gasteiger partial charge in [0.2, 0.25) is 0 Å². The molecule has 5 rings (SSSR count). The van der Waals surface area contributed by atoms with Gasteiger partial charge in [-0.3, -0.25) is 14.8 Å². The van der Waals surface area contributed by atoms with Gasteiger partial charge in [-0.2, -0.15) is 0 Å². The first-order valence-corrected chi connectivity index (χ1v) is 13.1. The Morgan fingerprint density at radius 1 is 1.14 bits per heavy atom. The van der Waals surface area contributed by atoms with Gasteiger partial charge in [-0.1, -0.05) is 12.1 Å². The number of nitrogens with one attached hydrogen (secondary N) is 1. The Bertz CT molecular complexity index is 1420. The number of rotatable bonds is 8. The molecule has 1 aliphatic heterocycles. The van der Waals surface area contributed by atoms with Gasteiger partial charge >= 0.3 is 0 Å². The van der Waals surface area contributed by atoms with Gasteiger partial charge in [-0.05, 0) is 67.6 Å². The number of aryl methyl sites for hydroxylation is 2. The minimum absolute atomic E-state index is 0.0581. The van der Waals surface area contributed by atoms with Crippen LogP contribution < -0.4 is 15.6 Å². The summed E-state index contributed by atoms with van der Waals surface area (Å²) in [5.41, 5.74) is 6.23. The van der Waals surface area contributed by atoms with Gasteiger partial charge in [0.15, 0.2) is 5.43 Å². The zero-order valence-electron chi connectivity index (χ0n) is 21.6. The predicted molar refractivity (Wildman–Crippen MR) is 148 cm³/mol. The highest BCUT2D eigenvalue weighted by atomic mass is 16.3. The average Bonchev–Trinajstić information content (AvgIpc) is 2.92. The summed E-state index contributed by atoms with van der Waals surface area (Å²) in [7, 11) is 2.03. The third kappa shape index (κ3) is 5.58. The number of piperidine rings is 1. The molecule has 0 radical (unpaired) electrons. The molecule has 7 nitrogen and oxygen atoms in total. The van der Waals surface area contributed by atoms with Crippen LogP contribution in [0.25, 0.3) is 10.9 Å². The molecule has 2 N–H and O–H groups in total. The molecule has 0 saturated carbocycles. The van der Waals surface area contributed by atoms with E-state index in [1.54, 1.807) is 6.07 Å². The molecule has 1 aromatic carbocycles. The van der Waals surface area contributed by atoms with Crippen molar-refractivity contribution in [3.05, 3.63) is 99.9 Å². The van der Waals surface area contributed by atoms with Crippen LogP contribution in [-0.4, -0.2) is 39.3 Å². The first-order valence-electron chi connectivity index (χ1n) is 13.1. The van der Waals surface area contributed by atoms with Gasteiger partial charge in [-0.15, -0.1) is 0 Å². The number of aromatic nitrogens is 3. The number of benzene rings is 1. The highest BCUT2D eigenvalue weighted by Crippen LogP contribution is 2.32. The van der Waals surface area contributed by atoms with E-state index in [9.17, 15) is 9.90 Å². The number of fused-ring (bicyclic) bond motifs is 1. The molecule has 3 aromatic heterocycles. The summed E-state index contributed by atoms with van der Waals surface area (Å²) in [5.74, 6) is 0.380. The lowest BCUT2D eigenvalue weighted by molar-refractivity contribution is 0.298. The summed E-state index contributed by atoms with van der Waals surface area (Å²) in [5, 5.41) is 13.8. The normalized spacial score (nSPS) is 16.7. The predicted octanol–water partition coefficient (Wildman–Crippen LogP) is 3.92. The lowest BCUT2D eigenvalue weighted by atomic mass is 9.86. The zero-order valence-corrected chi connectivity index (χ0v) is 21.6. The summed E-state index contributed by atoms with van der Waals surface area (Å²) in [4.78, 5) is 24.2. The van der Waals surface area contributed by atoms with Crippen LogP contribution >= 0.6 is 0 Å². The SMILES string of the molecule is Cc1cc(C(NCc2cc(=O)c3ccccc3n2C)[C@H]2CCCN(c3ccc(CCO)nc3)C2)ccn1. The molecular formula is C30H35N5O2. The lowest BCUT2D eigenvalue weighted by Gasteiger charge is -2.39. The third-order valence-corrected chi connectivity index (χ3v) is 7.51. The molecule has 0 aliphatic carbocycles. The van der Waals surface area contributed by atoms with Crippen LogP contribution in [0.1, 0.15) is 41.5 Å². The van der Waals surface area contributed by atoms with Crippen molar-refractivity contribution in [1.82, 2.24) is 19.9 Å². The second kappa shape index (κ2) is 11.2. The van der Waals surface area contributed by atoms with Crippen molar-refractivity contribution in [3.8, 4) is 0 Å². The molecule has 1 aliphatic rings. The smallest absolute Gasteiger partial charge is 0.189 e. The van der Waals surface area contributed by atoms with E-state index in [-0.39, 0.29) is 18.1 Å². The molecule has 1 fully saturated rings. The monoisotopic (exact) mass is 497 g/mol. The Morgan fingerprint density at radius 2 is 2.00 bits per heavy atom. The number of hydrogen-bond acceptors (Lipinski definition) is 6. The van der Waals surface area contributed by atoms with Crippen molar-refractivity contribution in [3.63, 3.8) is 0 Å². The highest BCUT2D eigenvalue weighted by Gasteiger charge is 2.29. The number of para-hydroxylation sites is 1. The van der Waals surface area contributed by atoms with Crippen LogP contribution in [0.2, 0.25) is 0 Å². The van der Waals surface area contributed by atoms with Crippen LogP contribution in [0.3, 0.4) is 0 Å². The van der Waals surface area contributed by atoms with E-state index in [4.69, 9.17) is 0 Å². The lowest BCUT2D eigenvalue weighted by Crippen LogP contribution is -2.41. The van der Waals surface area contributed by atoms with Crippen molar-refractivity contribution >= 4 is 16.6 Å². The fraction of sp³-hybridized carbons (Fsp3) is 0.367. The molecule has 4 aromatic rings. The van der Waals surface area contributed by atoms with Gasteiger partial charge in [0.05, 0.1) is 17.4 Å². The van der Waals surface area contributed by atoms with Crippen LogP contribution in [0.5, 0.6) is 0 Å². The summed E-state index contributed by atoms with van der Waals surface area (Å²) < 4.78 is 2.12. The van der Waals surface area contributed by atoms with Gasteiger partial charge in [0.25, 0.3) is 0 Å². The van der Waals surface area contributed by atoms with Crippen LogP contribution in [0.4, 0.5) is 5.69 Å². The highest BCUT2D eigenvalue weighted by molar-refractivity contribution is 5.79. The molecule has 1 unspecified atom stereocenters. The molecule has 1 saturated heterocycles. The Balaban J connectivity index is 1.40. The van der Waals surface area contributed by atoms with Gasteiger partial charge in [0.1, 0.15) is 0 Å². The van der Waals surface area contributed by atoms with Crippen molar-refractivity contribution in [1.29, 1.82) is 0 Å². The Kier molecular flexibility index (Phi) is 7.63. The van der Waals surface area contributed by atoms with Crippen molar-refractivity contribution in [2.75, 3.05) is 24.6 Å². The molecule has 37 heavy (non-hydrogen) atoms. The number of aliphatic hydroxyl groups excluding tert-OH is 1. The molecule has 0 spiro atoms. The first-order chi connectivity index (χ1) is 18.0. The molecule has 0 amide bonds. The Morgan fingerprint density at radius 3 is 2.78 bits per heavy atom. The molecule has 0 bridgehead atoms. The average molecular weight is 498 g/mol. The fourth-order valence-electron chi connectivity index (χ4n) is 5.54. The topological polar surface area (TPSA) is 83.3 Å². The molecule has 192 valence electrons. The van der Waals surface area contributed by atoms with Crippen LogP contribution in [0.15, 0.2) is 71.8 Å². The Labute approximate surface area is 217 Å².